The number of rotatable bonds is 8. The number of furan rings is 1. The minimum Gasteiger partial charge on any atom is -0.468 e. The zero-order chi connectivity index (χ0) is 13.5. The van der Waals surface area contributed by atoms with Crippen LogP contribution in [0.3, 0.4) is 0 Å². The number of hydrogen-bond acceptors (Lipinski definition) is 3. The lowest BCUT2D eigenvalue weighted by molar-refractivity contribution is 0.478. The lowest BCUT2D eigenvalue weighted by Crippen LogP contribution is -2.14. The maximum atomic E-state index is 5.56. The van der Waals surface area contributed by atoms with Crippen LogP contribution in [0.4, 0.5) is 0 Å². The summed E-state index contributed by atoms with van der Waals surface area (Å²) in [6, 6.07) is 2.05. The molecule has 0 atom stereocenters. The van der Waals surface area contributed by atoms with Crippen molar-refractivity contribution in [2.24, 2.45) is 0 Å². The van der Waals surface area contributed by atoms with Crippen LogP contribution < -0.4 is 5.32 Å². The molecule has 2 aromatic heterocycles. The summed E-state index contributed by atoms with van der Waals surface area (Å²) in [6.45, 7) is 7.19. The zero-order valence-electron chi connectivity index (χ0n) is 11.9. The second-order valence-electron chi connectivity index (χ2n) is 4.76. The summed E-state index contributed by atoms with van der Waals surface area (Å²) >= 11 is 0. The van der Waals surface area contributed by atoms with Crippen molar-refractivity contribution in [2.45, 2.75) is 46.2 Å². The number of nitrogens with one attached hydrogen (secondary N) is 1. The van der Waals surface area contributed by atoms with Crippen LogP contribution in [-0.2, 0) is 19.5 Å². The third-order valence-corrected chi connectivity index (χ3v) is 3.16. The summed E-state index contributed by atoms with van der Waals surface area (Å²) in [5, 5.41) is 3.38. The summed E-state index contributed by atoms with van der Waals surface area (Å²) < 4.78 is 7.78. The summed E-state index contributed by atoms with van der Waals surface area (Å²) in [7, 11) is 0. The molecular formula is C15H23N3O. The van der Waals surface area contributed by atoms with Crippen molar-refractivity contribution in [1.82, 2.24) is 14.9 Å². The molecule has 2 rings (SSSR count). The maximum absolute atomic E-state index is 5.56. The number of hydrogen-bond donors (Lipinski definition) is 1. The molecule has 0 bridgehead atoms. The van der Waals surface area contributed by atoms with Crippen molar-refractivity contribution < 1.29 is 4.42 Å². The van der Waals surface area contributed by atoms with Crippen molar-refractivity contribution in [1.29, 1.82) is 0 Å². The Balaban J connectivity index is 2.02. The smallest absolute Gasteiger partial charge is 0.121 e. The molecule has 19 heavy (non-hydrogen) atoms. The summed E-state index contributed by atoms with van der Waals surface area (Å²) in [5.41, 5.74) is 1.23. The fourth-order valence-electron chi connectivity index (χ4n) is 2.18. The first kappa shape index (κ1) is 13.9. The molecule has 104 valence electrons. The van der Waals surface area contributed by atoms with Crippen LogP contribution in [0.2, 0.25) is 0 Å². The standard InChI is InChI=1S/C15H23N3O/c1-3-6-16-12-14-13(5-10-19-14)11-15-17-7-9-18(15)8-4-2/h5,7,9-10,16H,3-4,6,8,11-12H2,1-2H3. The van der Waals surface area contributed by atoms with Gasteiger partial charge in [-0.25, -0.2) is 4.98 Å². The number of aryl methyl sites for hydroxylation is 1. The predicted molar refractivity (Wildman–Crippen MR) is 76.0 cm³/mol. The quantitative estimate of drug-likeness (QED) is 0.743. The second kappa shape index (κ2) is 7.14. The first-order valence-electron chi connectivity index (χ1n) is 7.11. The number of imidazole rings is 1. The molecule has 0 fully saturated rings. The largest absolute Gasteiger partial charge is 0.468 e. The van der Waals surface area contributed by atoms with Crippen LogP contribution in [0.1, 0.15) is 43.8 Å². The molecule has 0 radical (unpaired) electrons. The Labute approximate surface area is 114 Å². The Bertz CT molecular complexity index is 487. The predicted octanol–water partition coefficient (Wildman–Crippen LogP) is 2.98. The molecule has 2 aromatic rings. The molecule has 4 nitrogen and oxygen atoms in total. The van der Waals surface area contributed by atoms with Crippen molar-refractivity contribution in [3.8, 4) is 0 Å². The Morgan fingerprint density at radius 2 is 2.21 bits per heavy atom. The normalized spacial score (nSPS) is 11.1. The Hall–Kier alpha value is -1.55. The van der Waals surface area contributed by atoms with E-state index in [4.69, 9.17) is 4.42 Å². The highest BCUT2D eigenvalue weighted by Gasteiger charge is 2.10. The molecule has 0 unspecified atom stereocenters. The van der Waals surface area contributed by atoms with E-state index in [0.717, 1.165) is 50.5 Å². The van der Waals surface area contributed by atoms with E-state index in [1.54, 1.807) is 6.26 Å². The van der Waals surface area contributed by atoms with Crippen LogP contribution in [0.25, 0.3) is 0 Å². The molecule has 0 aliphatic carbocycles. The van der Waals surface area contributed by atoms with Crippen molar-refractivity contribution in [3.05, 3.63) is 41.9 Å². The van der Waals surface area contributed by atoms with E-state index < -0.39 is 0 Å². The van der Waals surface area contributed by atoms with Gasteiger partial charge >= 0.3 is 0 Å². The average Bonchev–Trinajstić information content (AvgIpc) is 3.02. The van der Waals surface area contributed by atoms with Crippen LogP contribution in [0.15, 0.2) is 29.1 Å². The molecule has 0 aliphatic heterocycles. The fraction of sp³-hybridized carbons (Fsp3) is 0.533. The molecule has 0 saturated heterocycles. The van der Waals surface area contributed by atoms with E-state index in [1.165, 1.54) is 5.56 Å². The number of nitrogens with zero attached hydrogens (tertiary/aromatic N) is 2. The van der Waals surface area contributed by atoms with Gasteiger partial charge in [0, 0.05) is 30.9 Å². The number of aromatic nitrogens is 2. The molecular weight excluding hydrogens is 238 g/mol. The third-order valence-electron chi connectivity index (χ3n) is 3.16. The van der Waals surface area contributed by atoms with Gasteiger partial charge in [0.05, 0.1) is 12.8 Å². The molecule has 4 heteroatoms. The second-order valence-corrected chi connectivity index (χ2v) is 4.76. The van der Waals surface area contributed by atoms with Crippen LogP contribution in [-0.4, -0.2) is 16.1 Å². The summed E-state index contributed by atoms with van der Waals surface area (Å²) in [6.07, 6.45) is 8.79. The first-order chi connectivity index (χ1) is 9.35. The molecule has 0 spiro atoms. The van der Waals surface area contributed by atoms with E-state index in [9.17, 15) is 0 Å². The summed E-state index contributed by atoms with van der Waals surface area (Å²) in [4.78, 5) is 4.45. The topological polar surface area (TPSA) is 43.0 Å². The van der Waals surface area contributed by atoms with E-state index in [2.05, 4.69) is 28.7 Å². The molecule has 0 aliphatic rings. The maximum Gasteiger partial charge on any atom is 0.121 e. The third kappa shape index (κ3) is 3.70. The van der Waals surface area contributed by atoms with E-state index in [1.807, 2.05) is 18.5 Å². The van der Waals surface area contributed by atoms with E-state index in [0.29, 0.717) is 0 Å². The Kier molecular flexibility index (Phi) is 5.21. The monoisotopic (exact) mass is 261 g/mol. The van der Waals surface area contributed by atoms with Crippen LogP contribution in [0, 0.1) is 0 Å². The Morgan fingerprint density at radius 3 is 3.00 bits per heavy atom. The average molecular weight is 261 g/mol. The van der Waals surface area contributed by atoms with Gasteiger partial charge in [0.2, 0.25) is 0 Å². The van der Waals surface area contributed by atoms with Gasteiger partial charge in [-0.2, -0.15) is 0 Å². The van der Waals surface area contributed by atoms with Gasteiger partial charge in [-0.15, -0.1) is 0 Å². The highest BCUT2D eigenvalue weighted by Crippen LogP contribution is 2.15. The summed E-state index contributed by atoms with van der Waals surface area (Å²) in [5.74, 6) is 2.14. The highest BCUT2D eigenvalue weighted by atomic mass is 16.3. The van der Waals surface area contributed by atoms with Crippen LogP contribution >= 0.6 is 0 Å². The van der Waals surface area contributed by atoms with Gasteiger partial charge in [0.25, 0.3) is 0 Å². The minimum absolute atomic E-state index is 0.796. The SMILES string of the molecule is CCCNCc1occc1Cc1nccn1CCC. The lowest BCUT2D eigenvalue weighted by Gasteiger charge is -2.07. The van der Waals surface area contributed by atoms with Crippen molar-refractivity contribution >= 4 is 0 Å². The Morgan fingerprint density at radius 1 is 1.32 bits per heavy atom. The van der Waals surface area contributed by atoms with Gasteiger partial charge < -0.3 is 14.3 Å². The molecule has 0 saturated carbocycles. The zero-order valence-corrected chi connectivity index (χ0v) is 11.9. The minimum atomic E-state index is 0.796. The molecule has 0 amide bonds. The molecule has 0 aromatic carbocycles. The van der Waals surface area contributed by atoms with E-state index in [-0.39, 0.29) is 0 Å². The van der Waals surface area contributed by atoms with Gasteiger partial charge in [-0.3, -0.25) is 0 Å². The van der Waals surface area contributed by atoms with Gasteiger partial charge in [0.15, 0.2) is 0 Å². The molecule has 1 N–H and O–H groups in total. The fourth-order valence-corrected chi connectivity index (χ4v) is 2.18. The van der Waals surface area contributed by atoms with Crippen LogP contribution in [0.5, 0.6) is 0 Å². The molecule has 2 heterocycles. The van der Waals surface area contributed by atoms with Gasteiger partial charge in [-0.05, 0) is 25.5 Å². The van der Waals surface area contributed by atoms with Gasteiger partial charge in [0.1, 0.15) is 11.6 Å². The van der Waals surface area contributed by atoms with Crippen molar-refractivity contribution in [2.75, 3.05) is 6.54 Å². The highest BCUT2D eigenvalue weighted by molar-refractivity contribution is 5.21. The van der Waals surface area contributed by atoms with E-state index >= 15 is 0 Å². The van der Waals surface area contributed by atoms with Crippen molar-refractivity contribution in [3.63, 3.8) is 0 Å². The first-order valence-corrected chi connectivity index (χ1v) is 7.11. The van der Waals surface area contributed by atoms with Gasteiger partial charge in [-0.1, -0.05) is 13.8 Å². The lowest BCUT2D eigenvalue weighted by atomic mass is 10.1.